The van der Waals surface area contributed by atoms with Crippen LogP contribution >= 0.6 is 23.2 Å². The quantitative estimate of drug-likeness (QED) is 0.0115. The summed E-state index contributed by atoms with van der Waals surface area (Å²) in [4.78, 5) is 114. The van der Waals surface area contributed by atoms with Crippen LogP contribution in [-0.2, 0) is 64.0 Å². The maximum atomic E-state index is 15.3. The third-order valence-electron chi connectivity index (χ3n) is 11.7. The van der Waals surface area contributed by atoms with Crippen molar-refractivity contribution in [1.82, 2.24) is 36.8 Å². The molecule has 0 aliphatic rings. The number of guanidine groups is 2. The smallest absolute Gasteiger partial charge is 0.313 e. The number of hydrogen-bond donors (Lipinski definition) is 11. The van der Waals surface area contributed by atoms with Crippen LogP contribution in [0.3, 0.4) is 0 Å². The molecule has 394 valence electrons. The van der Waals surface area contributed by atoms with E-state index in [2.05, 4.69) is 31.9 Å². The maximum Gasteiger partial charge on any atom is 0.313 e. The number of alkyl halides is 2. The highest BCUT2D eigenvalue weighted by molar-refractivity contribution is 6.35. The normalized spacial score (nSPS) is 13.2. The lowest BCUT2D eigenvalue weighted by Crippen LogP contribution is -2.64. The number of amides is 6. The highest BCUT2D eigenvalue weighted by Crippen LogP contribution is 2.20. The average Bonchev–Trinajstić information content (AvgIpc) is 3.39. The molecular formula is C52H64Cl2N12O8. The summed E-state index contributed by atoms with van der Waals surface area (Å²) in [7, 11) is 0. The van der Waals surface area contributed by atoms with Gasteiger partial charge in [0.1, 0.15) is 24.2 Å². The number of Topliss-reactive ketones (excluding diaryl/α,β-unsaturated/α-hetero) is 2. The first-order valence-electron chi connectivity index (χ1n) is 23.8. The molecule has 0 aliphatic heterocycles. The number of nitrogens with zero attached hydrogens (tertiary/aromatic N) is 1. The van der Waals surface area contributed by atoms with Crippen molar-refractivity contribution in [3.05, 3.63) is 144 Å². The van der Waals surface area contributed by atoms with Crippen molar-refractivity contribution in [2.75, 3.05) is 24.8 Å². The number of benzene rings is 4. The molecule has 20 nitrogen and oxygen atoms in total. The van der Waals surface area contributed by atoms with Gasteiger partial charge < -0.3 is 54.0 Å². The van der Waals surface area contributed by atoms with Gasteiger partial charge in [-0.25, -0.2) is 0 Å². The lowest BCUT2D eigenvalue weighted by Gasteiger charge is -2.37. The second-order valence-corrected chi connectivity index (χ2v) is 17.8. The van der Waals surface area contributed by atoms with Gasteiger partial charge in [0.25, 0.3) is 0 Å². The van der Waals surface area contributed by atoms with Crippen molar-refractivity contribution in [2.24, 2.45) is 17.2 Å². The van der Waals surface area contributed by atoms with E-state index >= 15 is 9.59 Å². The number of carbonyl (C=O) groups is 8. The van der Waals surface area contributed by atoms with E-state index < -0.39 is 95.0 Å². The molecule has 0 aromatic heterocycles. The molecule has 0 fully saturated rings. The summed E-state index contributed by atoms with van der Waals surface area (Å²) >= 11 is 11.9. The van der Waals surface area contributed by atoms with Crippen LogP contribution in [0.2, 0.25) is 0 Å². The Balaban J connectivity index is 1.84. The van der Waals surface area contributed by atoms with E-state index in [0.717, 1.165) is 4.90 Å². The number of nitrogens with two attached hydrogens (primary N) is 3. The lowest BCUT2D eigenvalue weighted by molar-refractivity contribution is -0.154. The second kappa shape index (κ2) is 30.9. The minimum Gasteiger partial charge on any atom is -0.370 e. The molecule has 0 heterocycles. The van der Waals surface area contributed by atoms with Crippen LogP contribution in [-0.4, -0.2) is 125 Å². The van der Waals surface area contributed by atoms with Gasteiger partial charge in [-0.1, -0.05) is 121 Å². The molecule has 4 aromatic rings. The van der Waals surface area contributed by atoms with Gasteiger partial charge in [0, 0.05) is 38.8 Å². The van der Waals surface area contributed by atoms with Gasteiger partial charge >= 0.3 is 11.8 Å². The Labute approximate surface area is 439 Å². The van der Waals surface area contributed by atoms with E-state index in [4.69, 9.17) is 51.2 Å². The van der Waals surface area contributed by atoms with E-state index in [0.29, 0.717) is 22.3 Å². The van der Waals surface area contributed by atoms with Crippen molar-refractivity contribution in [3.63, 3.8) is 0 Å². The zero-order valence-electron chi connectivity index (χ0n) is 40.7. The molecule has 74 heavy (non-hydrogen) atoms. The molecule has 6 unspecified atom stereocenters. The molecule has 0 spiro atoms. The molecular weight excluding hydrogens is 992 g/mol. The first-order chi connectivity index (χ1) is 35.5. The van der Waals surface area contributed by atoms with Crippen LogP contribution < -0.4 is 49.1 Å². The summed E-state index contributed by atoms with van der Waals surface area (Å²) in [5.41, 5.74) is 18.7. The molecule has 6 amide bonds. The fourth-order valence-corrected chi connectivity index (χ4v) is 8.38. The fourth-order valence-electron chi connectivity index (χ4n) is 8.01. The number of nitrogens with one attached hydrogen (secondary N) is 8. The first kappa shape index (κ1) is 58.7. The van der Waals surface area contributed by atoms with Crippen molar-refractivity contribution in [2.45, 2.75) is 87.6 Å². The van der Waals surface area contributed by atoms with Gasteiger partial charge in [0.2, 0.25) is 23.6 Å². The Morgan fingerprint density at radius 3 is 1.03 bits per heavy atom. The minimum absolute atomic E-state index is 0.0863. The third kappa shape index (κ3) is 19.6. The van der Waals surface area contributed by atoms with Gasteiger partial charge in [-0.15, -0.1) is 23.2 Å². The summed E-state index contributed by atoms with van der Waals surface area (Å²) in [6, 6.07) is 25.4. The van der Waals surface area contributed by atoms with Crippen LogP contribution in [0.15, 0.2) is 121 Å². The Bertz CT molecular complexity index is 2370. The summed E-state index contributed by atoms with van der Waals surface area (Å²) < 4.78 is 0. The predicted molar refractivity (Wildman–Crippen MR) is 282 cm³/mol. The Hall–Kier alpha value is -7.84. The van der Waals surface area contributed by atoms with Gasteiger partial charge in [0.15, 0.2) is 23.5 Å². The summed E-state index contributed by atoms with van der Waals surface area (Å²) in [5.74, 6) is -9.06. The molecule has 0 radical (unpaired) electrons. The predicted octanol–water partition coefficient (Wildman–Crippen LogP) is 1.09. The molecule has 22 heteroatoms. The van der Waals surface area contributed by atoms with E-state index in [-0.39, 0.29) is 76.4 Å². The zero-order chi connectivity index (χ0) is 54.0. The molecule has 0 aliphatic carbocycles. The number of rotatable bonds is 30. The van der Waals surface area contributed by atoms with Gasteiger partial charge in [0.05, 0.1) is 23.8 Å². The fraction of sp³-hybridized carbons (Fsp3) is 0.346. The standard InChI is InChI=1S/C52H64Cl2N12O8/c53-31-43(67)37(23-13-25-60-51(56)57)62-46(70)39(27-33-15-5-1-6-16-33)64-48(72)41(29-35-19-9-3-10-20-35)66(50(74)45(55)69)42(30-36-21-11-4-12-22-36)49(73)65-40(28-34-17-7-2-8-18-34)47(71)63-38(44(68)32-54)24-14-26-61-52(58)59/h1-12,15-22,37-42H,13-14,23-32H2,(H2,55,69)(H,62,70)(H,63,71)(H,64,72)(H,65,73)(H4,56,57,60)(H4,58,59,61). The second-order valence-electron chi connectivity index (χ2n) is 17.3. The van der Waals surface area contributed by atoms with Crippen molar-refractivity contribution >= 4 is 82.1 Å². The Morgan fingerprint density at radius 1 is 0.446 bits per heavy atom. The van der Waals surface area contributed by atoms with Gasteiger partial charge in [-0.2, -0.15) is 0 Å². The summed E-state index contributed by atoms with van der Waals surface area (Å²) in [6.07, 6.45) is -0.152. The number of ketones is 2. The van der Waals surface area contributed by atoms with Gasteiger partial charge in [-0.3, -0.25) is 49.2 Å². The van der Waals surface area contributed by atoms with Crippen LogP contribution in [0.5, 0.6) is 0 Å². The van der Waals surface area contributed by atoms with Gasteiger partial charge in [-0.05, 0) is 47.9 Å². The first-order valence-corrected chi connectivity index (χ1v) is 24.9. The SMILES string of the molecule is N=C(N)NCCCC(NC(=O)C(Cc1ccccc1)NC(=O)C(Cc1ccccc1)N(C(=O)C(N)=O)C(Cc1ccccc1)C(=O)NC(Cc1ccccc1)C(=O)NC(CCCNC(=N)N)C(=O)CCl)C(=O)CCl. The van der Waals surface area contributed by atoms with Crippen LogP contribution in [0, 0.1) is 10.8 Å². The van der Waals surface area contributed by atoms with Crippen LogP contribution in [0.1, 0.15) is 47.9 Å². The Morgan fingerprint density at radius 2 is 0.743 bits per heavy atom. The lowest BCUT2D eigenvalue weighted by atomic mass is 9.96. The summed E-state index contributed by atoms with van der Waals surface area (Å²) in [5, 5.41) is 31.1. The van der Waals surface area contributed by atoms with E-state index in [1.165, 1.54) is 0 Å². The van der Waals surface area contributed by atoms with Crippen molar-refractivity contribution in [1.29, 1.82) is 10.8 Å². The third-order valence-corrected chi connectivity index (χ3v) is 12.3. The van der Waals surface area contributed by atoms with Crippen LogP contribution in [0.4, 0.5) is 0 Å². The monoisotopic (exact) mass is 1050 g/mol. The van der Waals surface area contributed by atoms with Crippen molar-refractivity contribution < 1.29 is 38.4 Å². The molecule has 0 saturated heterocycles. The van der Waals surface area contributed by atoms with Crippen LogP contribution in [0.25, 0.3) is 0 Å². The molecule has 4 aromatic carbocycles. The minimum atomic E-state index is -1.75. The number of halogens is 2. The molecule has 14 N–H and O–H groups in total. The molecule has 4 rings (SSSR count). The summed E-state index contributed by atoms with van der Waals surface area (Å²) in [6.45, 7) is 0.411. The number of carbonyl (C=O) groups excluding carboxylic acids is 8. The topological polar surface area (TPSA) is 338 Å². The number of hydrogen-bond acceptors (Lipinski definition) is 10. The van der Waals surface area contributed by atoms with E-state index in [1.54, 1.807) is 121 Å². The van der Waals surface area contributed by atoms with E-state index in [1.807, 2.05) is 0 Å². The molecule has 6 atom stereocenters. The highest BCUT2D eigenvalue weighted by atomic mass is 35.5. The van der Waals surface area contributed by atoms with Crippen molar-refractivity contribution in [3.8, 4) is 0 Å². The Kier molecular flexibility index (Phi) is 24.5. The molecule has 0 saturated carbocycles. The average molecular weight is 1060 g/mol. The molecule has 0 bridgehead atoms. The number of primary amides is 1. The highest BCUT2D eigenvalue weighted by Gasteiger charge is 2.43. The zero-order valence-corrected chi connectivity index (χ0v) is 42.2. The largest absolute Gasteiger partial charge is 0.370 e. The maximum absolute atomic E-state index is 15.3. The van der Waals surface area contributed by atoms with E-state index in [9.17, 15) is 28.8 Å².